The van der Waals surface area contributed by atoms with Crippen molar-refractivity contribution in [1.82, 2.24) is 18.7 Å². The zero-order valence-electron chi connectivity index (χ0n) is 38.7. The van der Waals surface area contributed by atoms with E-state index in [1.54, 1.807) is 24.5 Å². The van der Waals surface area contributed by atoms with E-state index in [0.29, 0.717) is 73.1 Å². The van der Waals surface area contributed by atoms with Gasteiger partial charge in [-0.05, 0) is 152 Å². The van der Waals surface area contributed by atoms with Crippen LogP contribution in [0.2, 0.25) is 0 Å². The number of nitrogens with zero attached hydrogens (tertiary/aromatic N) is 6. The normalized spacial score (nSPS) is 18.2. The highest BCUT2D eigenvalue weighted by molar-refractivity contribution is 9.11. The quantitative estimate of drug-likeness (QED) is 0.0514. The van der Waals surface area contributed by atoms with Gasteiger partial charge in [-0.3, -0.25) is 9.59 Å². The molecule has 4 aromatic heterocycles. The van der Waals surface area contributed by atoms with Crippen molar-refractivity contribution in [2.75, 3.05) is 46.6 Å². The summed E-state index contributed by atoms with van der Waals surface area (Å²) in [5.74, 6) is 0.109. The van der Waals surface area contributed by atoms with Gasteiger partial charge >= 0.3 is 18.3 Å². The average Bonchev–Trinajstić information content (AvgIpc) is 4.18. The minimum Gasteiger partial charge on any atom is -0.420 e. The van der Waals surface area contributed by atoms with Crippen LogP contribution in [0.3, 0.4) is 0 Å². The number of pyridine rings is 2. The first-order chi connectivity index (χ1) is 33.9. The van der Waals surface area contributed by atoms with Crippen molar-refractivity contribution in [3.05, 3.63) is 112 Å². The molecule has 2 atom stereocenters. The lowest BCUT2D eigenvalue weighted by molar-refractivity contribution is -0.0972. The number of aliphatic hydroxyl groups is 2. The number of halogens is 7. The van der Waals surface area contributed by atoms with Crippen molar-refractivity contribution >= 4 is 110 Å². The Morgan fingerprint density at radius 3 is 1.60 bits per heavy atom. The molecule has 2 amide bonds. The third kappa shape index (κ3) is 14.7. The molecule has 3 aliphatic rings. The minimum atomic E-state index is -3.83. The molecule has 382 valence electrons. The predicted octanol–water partition coefficient (Wildman–Crippen LogP) is 9.47. The van der Waals surface area contributed by atoms with Crippen molar-refractivity contribution in [1.29, 1.82) is 0 Å². The highest BCUT2D eigenvalue weighted by Crippen LogP contribution is 2.38. The van der Waals surface area contributed by atoms with Crippen LogP contribution in [0.15, 0.2) is 101 Å². The van der Waals surface area contributed by atoms with Gasteiger partial charge in [-0.2, -0.15) is 0 Å². The lowest BCUT2D eigenvalue weighted by atomic mass is 9.78. The molecule has 9 rings (SSSR count). The van der Waals surface area contributed by atoms with E-state index >= 15 is 0 Å². The largest absolute Gasteiger partial charge is 0.498 e. The summed E-state index contributed by atoms with van der Waals surface area (Å²) in [6.45, 7) is 9.91. The zero-order chi connectivity index (χ0) is 52.0. The van der Waals surface area contributed by atoms with Crippen molar-refractivity contribution in [3.63, 3.8) is 0 Å². The monoisotopic (exact) mass is 1140 g/mol. The van der Waals surface area contributed by atoms with E-state index in [1.807, 2.05) is 49.6 Å². The highest BCUT2D eigenvalue weighted by atomic mass is 79.9. The third-order valence-electron chi connectivity index (χ3n) is 11.5. The Morgan fingerprint density at radius 2 is 1.19 bits per heavy atom. The fourth-order valence-electron chi connectivity index (χ4n) is 7.33. The van der Waals surface area contributed by atoms with Crippen LogP contribution in [0.25, 0.3) is 10.4 Å². The van der Waals surface area contributed by atoms with Gasteiger partial charge in [0, 0.05) is 96.6 Å². The van der Waals surface area contributed by atoms with Crippen LogP contribution in [0.5, 0.6) is 11.5 Å². The second kappa shape index (κ2) is 22.9. The summed E-state index contributed by atoms with van der Waals surface area (Å²) in [6.07, 6.45) is 6.73. The Kier molecular flexibility index (Phi) is 17.4. The number of aliphatic hydroxyl groups excluding tert-OH is 2. The van der Waals surface area contributed by atoms with E-state index in [4.69, 9.17) is 32.5 Å². The number of hydrogen-bond donors (Lipinski definition) is 4. The molecule has 0 aliphatic carbocycles. The summed E-state index contributed by atoms with van der Waals surface area (Å²) in [4.78, 5) is 39.5. The Labute approximate surface area is 438 Å². The van der Waals surface area contributed by atoms with Crippen LogP contribution in [0.4, 0.5) is 40.6 Å². The van der Waals surface area contributed by atoms with Crippen molar-refractivity contribution in [2.24, 2.45) is 0 Å². The summed E-state index contributed by atoms with van der Waals surface area (Å²) in [5, 5.41) is 25.3. The number of nitrogens with one attached hydrogen (secondary N) is 2. The molecule has 0 unspecified atom stereocenters. The smallest absolute Gasteiger partial charge is 0.420 e. The van der Waals surface area contributed by atoms with Gasteiger partial charge in [0.05, 0.1) is 43.2 Å². The van der Waals surface area contributed by atoms with Crippen LogP contribution < -0.4 is 35.4 Å². The number of anilines is 4. The van der Waals surface area contributed by atoms with E-state index in [9.17, 15) is 37.4 Å². The number of rotatable bonds is 12. The maximum Gasteiger partial charge on any atom is 0.498 e. The topological polar surface area (TPSA) is 194 Å². The van der Waals surface area contributed by atoms with Gasteiger partial charge in [-0.25, -0.2) is 18.7 Å². The molecule has 3 aliphatic heterocycles. The SMILES string of the molecule is Brc1ccns1.CC1(C)OB(c2cc(C(=O)Nc3ccc(OC(F)(F)Cl)cc3)cnc2N2CC[C@@H](O)C2)OC1(C)C.O=C(Nc1ccc(OC(F)(F)Cl)cc1)c1cnc(N2CC[C@@H](O)C2)c(-c2ccns2)c1. The Morgan fingerprint density at radius 1 is 0.736 bits per heavy atom. The van der Waals surface area contributed by atoms with E-state index in [-0.39, 0.29) is 17.1 Å². The Balaban J connectivity index is 0.000000190. The molecule has 2 aromatic carbocycles. The summed E-state index contributed by atoms with van der Waals surface area (Å²) < 4.78 is 81.0. The van der Waals surface area contributed by atoms with Gasteiger partial charge in [0.2, 0.25) is 0 Å². The highest BCUT2D eigenvalue weighted by Gasteiger charge is 2.53. The van der Waals surface area contributed by atoms with E-state index < -0.39 is 53.5 Å². The first-order valence-corrected chi connectivity index (χ1v) is 25.0. The molecule has 0 radical (unpaired) electrons. The lowest BCUT2D eigenvalue weighted by Crippen LogP contribution is -2.41. The molecule has 0 bridgehead atoms. The average molecular weight is 1140 g/mol. The summed E-state index contributed by atoms with van der Waals surface area (Å²) in [5.41, 5.74) is -6.17. The van der Waals surface area contributed by atoms with Gasteiger partial charge in [0.25, 0.3) is 11.8 Å². The molecule has 0 saturated carbocycles. The Hall–Kier alpha value is -5.18. The number of ether oxygens (including phenoxy) is 2. The fourth-order valence-corrected chi connectivity index (χ4v) is 8.83. The van der Waals surface area contributed by atoms with E-state index in [0.717, 1.165) is 14.2 Å². The van der Waals surface area contributed by atoms with Crippen LogP contribution >= 0.6 is 62.2 Å². The maximum absolute atomic E-state index is 13.0. The molecular weight excluding hydrogens is 1090 g/mol. The van der Waals surface area contributed by atoms with Gasteiger partial charge in [-0.1, -0.05) is 0 Å². The second-order valence-electron chi connectivity index (χ2n) is 17.3. The first kappa shape index (κ1) is 54.6. The third-order valence-corrected chi connectivity index (χ3v) is 13.7. The van der Waals surface area contributed by atoms with Crippen LogP contribution in [0.1, 0.15) is 61.3 Å². The second-order valence-corrected chi connectivity index (χ2v) is 21.3. The molecule has 3 fully saturated rings. The Bertz CT molecular complexity index is 2770. The minimum absolute atomic E-state index is 0.135. The number of aromatic nitrogens is 4. The van der Waals surface area contributed by atoms with Gasteiger partial charge < -0.3 is 49.4 Å². The summed E-state index contributed by atoms with van der Waals surface area (Å²) >= 11 is 15.5. The van der Waals surface area contributed by atoms with Crippen LogP contribution in [-0.4, -0.2) is 109 Å². The number of β-amino-alcohol motifs (C(OH)–C–C–N with tert-alkyl or cyclic N) is 2. The number of hydrogen-bond acceptors (Lipinski definition) is 16. The van der Waals surface area contributed by atoms with Gasteiger partial charge in [-0.15, -0.1) is 17.6 Å². The number of carbonyl (C=O) groups excluding carboxylic acids is 2. The molecule has 4 N–H and O–H groups in total. The van der Waals surface area contributed by atoms with Crippen molar-refractivity contribution in [2.45, 2.75) is 75.1 Å². The standard InChI is InChI=1S/C23H27BClF2N3O5.C20H17ClF2N4O3S.C3H2BrNS/c1-21(2)22(3,4)35-24(34-21)18-11-14(12-28-19(18)30-10-9-16(31)13-30)20(32)29-15-5-7-17(8-6-15)33-23(25,26)27;21-20(22,23)30-15-3-1-13(2-4-15)26-19(29)12-9-16(17-5-7-25-31-17)18(24-10-12)27-8-6-14(28)11-27;4-3-1-2-5-6-3/h5-8,11-12,16,31H,9-10,13H2,1-4H3,(H,29,32);1-5,7,9-10,14,28H,6,8,11H2,(H,26,29);1-2H/t16-;14-;/m11./s1. The fraction of sp³-hybridized carbons (Fsp3) is 0.348. The molecule has 0 spiro atoms. The lowest BCUT2D eigenvalue weighted by Gasteiger charge is -2.32. The maximum atomic E-state index is 13.0. The number of alkyl halides is 6. The predicted molar refractivity (Wildman–Crippen MR) is 272 cm³/mol. The summed E-state index contributed by atoms with van der Waals surface area (Å²) in [6, 6.07) is 17.9. The molecule has 7 heterocycles. The van der Waals surface area contributed by atoms with Gasteiger partial charge in [0.1, 0.15) is 23.1 Å². The number of amides is 2. The molecule has 26 heteroatoms. The number of carbonyl (C=O) groups is 2. The first-order valence-electron chi connectivity index (χ1n) is 21.9. The van der Waals surface area contributed by atoms with E-state index in [1.165, 1.54) is 84.0 Å². The number of benzene rings is 2. The molecular formula is C46H46BBrCl2F4N8O8S2. The molecule has 6 aromatic rings. The van der Waals surface area contributed by atoms with Crippen molar-refractivity contribution in [3.8, 4) is 21.9 Å². The van der Waals surface area contributed by atoms with Crippen LogP contribution in [-0.2, 0) is 9.31 Å². The van der Waals surface area contributed by atoms with Gasteiger partial charge in [0.15, 0.2) is 0 Å². The summed E-state index contributed by atoms with van der Waals surface area (Å²) in [7, 11) is -0.762. The zero-order valence-corrected chi connectivity index (χ0v) is 43.4. The van der Waals surface area contributed by atoms with E-state index in [2.05, 4.69) is 54.8 Å². The molecule has 16 nitrogen and oxygen atoms in total. The van der Waals surface area contributed by atoms with Crippen LogP contribution in [0, 0.1) is 0 Å². The van der Waals surface area contributed by atoms with Crippen molar-refractivity contribution < 1.29 is 56.1 Å². The molecule has 3 saturated heterocycles. The molecule has 72 heavy (non-hydrogen) atoms.